The van der Waals surface area contributed by atoms with Crippen molar-refractivity contribution in [2.75, 3.05) is 11.1 Å². The summed E-state index contributed by atoms with van der Waals surface area (Å²) < 4.78 is 0. The van der Waals surface area contributed by atoms with E-state index in [1.54, 1.807) is 6.20 Å². The van der Waals surface area contributed by atoms with Gasteiger partial charge in [0, 0.05) is 29.2 Å². The van der Waals surface area contributed by atoms with Crippen LogP contribution in [0.5, 0.6) is 0 Å². The molecule has 2 atom stereocenters. The second-order valence-corrected chi connectivity index (χ2v) is 5.74. The fourth-order valence-electron chi connectivity index (χ4n) is 3.10. The maximum atomic E-state index is 6.28. The molecule has 1 fully saturated rings. The Morgan fingerprint density at radius 3 is 3.00 bits per heavy atom. The van der Waals surface area contributed by atoms with E-state index in [0.717, 1.165) is 28.1 Å². The number of aromatic nitrogens is 1. The molecule has 3 nitrogen and oxygen atoms in total. The van der Waals surface area contributed by atoms with Crippen LogP contribution in [0.25, 0.3) is 10.8 Å². The van der Waals surface area contributed by atoms with Crippen molar-refractivity contribution in [3.05, 3.63) is 30.6 Å². The van der Waals surface area contributed by atoms with Gasteiger partial charge < -0.3 is 11.1 Å². The highest BCUT2D eigenvalue weighted by atomic mass is 14.9. The summed E-state index contributed by atoms with van der Waals surface area (Å²) >= 11 is 0. The maximum Gasteiger partial charge on any atom is 0.0630 e. The molecular weight excluding hydrogens is 234 g/mol. The fraction of sp³-hybridized carbons (Fsp3) is 0.438. The minimum atomic E-state index is 0.560. The highest BCUT2D eigenvalue weighted by Gasteiger charge is 2.19. The molecule has 0 saturated heterocycles. The second-order valence-electron chi connectivity index (χ2n) is 5.74. The van der Waals surface area contributed by atoms with E-state index in [1.807, 2.05) is 12.3 Å². The van der Waals surface area contributed by atoms with E-state index in [9.17, 15) is 0 Å². The van der Waals surface area contributed by atoms with Crippen molar-refractivity contribution in [1.29, 1.82) is 0 Å². The SMILES string of the molecule is CC1CCCC(Nc2ccc3cnccc3c2N)C1. The van der Waals surface area contributed by atoms with Crippen LogP contribution in [0.2, 0.25) is 0 Å². The number of hydrogen-bond acceptors (Lipinski definition) is 3. The number of nitrogens with one attached hydrogen (secondary N) is 1. The van der Waals surface area contributed by atoms with Crippen LogP contribution in [0.3, 0.4) is 0 Å². The number of nitrogens with zero attached hydrogens (tertiary/aromatic N) is 1. The van der Waals surface area contributed by atoms with Gasteiger partial charge >= 0.3 is 0 Å². The van der Waals surface area contributed by atoms with E-state index in [0.29, 0.717) is 6.04 Å². The highest BCUT2D eigenvalue weighted by Crippen LogP contribution is 2.31. The number of benzene rings is 1. The molecule has 3 rings (SSSR count). The molecule has 1 heterocycles. The van der Waals surface area contributed by atoms with Gasteiger partial charge in [-0.2, -0.15) is 0 Å². The summed E-state index contributed by atoms with van der Waals surface area (Å²) in [5, 5.41) is 5.81. The summed E-state index contributed by atoms with van der Waals surface area (Å²) in [6.07, 6.45) is 8.82. The zero-order valence-corrected chi connectivity index (χ0v) is 11.4. The zero-order valence-electron chi connectivity index (χ0n) is 11.4. The Morgan fingerprint density at radius 1 is 1.26 bits per heavy atom. The molecule has 0 bridgehead atoms. The van der Waals surface area contributed by atoms with Crippen molar-refractivity contribution in [3.63, 3.8) is 0 Å². The Kier molecular flexibility index (Phi) is 3.28. The number of fused-ring (bicyclic) bond motifs is 1. The van der Waals surface area contributed by atoms with E-state index in [1.165, 1.54) is 25.7 Å². The molecule has 0 radical (unpaired) electrons. The Balaban J connectivity index is 1.86. The molecule has 1 saturated carbocycles. The predicted molar refractivity (Wildman–Crippen MR) is 81.2 cm³/mol. The lowest BCUT2D eigenvalue weighted by molar-refractivity contribution is 0.359. The number of anilines is 2. The summed E-state index contributed by atoms with van der Waals surface area (Å²) in [5.74, 6) is 0.817. The van der Waals surface area contributed by atoms with Gasteiger partial charge in [-0.3, -0.25) is 4.98 Å². The second kappa shape index (κ2) is 5.08. The van der Waals surface area contributed by atoms with Crippen LogP contribution in [-0.2, 0) is 0 Å². The van der Waals surface area contributed by atoms with Crippen molar-refractivity contribution in [2.24, 2.45) is 5.92 Å². The van der Waals surface area contributed by atoms with Gasteiger partial charge in [-0.05, 0) is 30.9 Å². The average Bonchev–Trinajstić information content (AvgIpc) is 2.42. The third-order valence-corrected chi connectivity index (χ3v) is 4.16. The lowest BCUT2D eigenvalue weighted by Crippen LogP contribution is -2.26. The number of pyridine rings is 1. The smallest absolute Gasteiger partial charge is 0.0630 e. The van der Waals surface area contributed by atoms with Crippen LogP contribution in [0, 0.1) is 5.92 Å². The molecular formula is C16H21N3. The van der Waals surface area contributed by atoms with Gasteiger partial charge in [0.1, 0.15) is 0 Å². The third kappa shape index (κ3) is 2.50. The van der Waals surface area contributed by atoms with Gasteiger partial charge in [0.15, 0.2) is 0 Å². The van der Waals surface area contributed by atoms with Gasteiger partial charge in [0.2, 0.25) is 0 Å². The molecule has 2 unspecified atom stereocenters. The van der Waals surface area contributed by atoms with Gasteiger partial charge in [-0.25, -0.2) is 0 Å². The Hall–Kier alpha value is -1.77. The summed E-state index contributed by atoms with van der Waals surface area (Å²) in [6, 6.07) is 6.72. The highest BCUT2D eigenvalue weighted by molar-refractivity contribution is 5.98. The lowest BCUT2D eigenvalue weighted by Gasteiger charge is -2.29. The molecule has 2 aromatic rings. The summed E-state index contributed by atoms with van der Waals surface area (Å²) in [6.45, 7) is 2.34. The molecule has 0 amide bonds. The zero-order chi connectivity index (χ0) is 13.2. The number of nitrogens with two attached hydrogens (primary N) is 1. The van der Waals surface area contributed by atoms with Gasteiger partial charge in [-0.15, -0.1) is 0 Å². The molecule has 0 spiro atoms. The van der Waals surface area contributed by atoms with Crippen molar-refractivity contribution in [2.45, 2.75) is 38.6 Å². The van der Waals surface area contributed by atoms with Crippen molar-refractivity contribution < 1.29 is 0 Å². The molecule has 1 aromatic carbocycles. The van der Waals surface area contributed by atoms with Gasteiger partial charge in [-0.1, -0.05) is 25.8 Å². The summed E-state index contributed by atoms with van der Waals surface area (Å²) in [7, 11) is 0. The van der Waals surface area contributed by atoms with Gasteiger partial charge in [0.25, 0.3) is 0 Å². The van der Waals surface area contributed by atoms with Crippen LogP contribution in [-0.4, -0.2) is 11.0 Å². The predicted octanol–water partition coefficient (Wildman–Crippen LogP) is 3.81. The van der Waals surface area contributed by atoms with E-state index in [4.69, 9.17) is 5.73 Å². The summed E-state index contributed by atoms with van der Waals surface area (Å²) in [4.78, 5) is 4.13. The van der Waals surface area contributed by atoms with E-state index in [2.05, 4.69) is 29.4 Å². The van der Waals surface area contributed by atoms with Crippen molar-refractivity contribution >= 4 is 22.1 Å². The first kappa shape index (κ1) is 12.3. The van der Waals surface area contributed by atoms with E-state index >= 15 is 0 Å². The van der Waals surface area contributed by atoms with E-state index < -0.39 is 0 Å². The molecule has 3 heteroatoms. The molecule has 0 aliphatic heterocycles. The molecule has 3 N–H and O–H groups in total. The summed E-state index contributed by atoms with van der Waals surface area (Å²) in [5.41, 5.74) is 8.19. The monoisotopic (exact) mass is 255 g/mol. The Labute approximate surface area is 114 Å². The van der Waals surface area contributed by atoms with Crippen LogP contribution in [0.4, 0.5) is 11.4 Å². The topological polar surface area (TPSA) is 50.9 Å². The van der Waals surface area contributed by atoms with Crippen LogP contribution >= 0.6 is 0 Å². The van der Waals surface area contributed by atoms with Gasteiger partial charge in [0.05, 0.1) is 11.4 Å². The first-order valence-electron chi connectivity index (χ1n) is 7.13. The van der Waals surface area contributed by atoms with E-state index in [-0.39, 0.29) is 0 Å². The largest absolute Gasteiger partial charge is 0.397 e. The number of nitrogen functional groups attached to an aromatic ring is 1. The minimum Gasteiger partial charge on any atom is -0.397 e. The lowest BCUT2D eigenvalue weighted by atomic mass is 9.87. The molecule has 1 aliphatic carbocycles. The number of rotatable bonds is 2. The minimum absolute atomic E-state index is 0.560. The maximum absolute atomic E-state index is 6.28. The Bertz CT molecular complexity index is 579. The average molecular weight is 255 g/mol. The fourth-order valence-corrected chi connectivity index (χ4v) is 3.10. The quantitative estimate of drug-likeness (QED) is 0.802. The molecule has 100 valence electrons. The van der Waals surface area contributed by atoms with Crippen molar-refractivity contribution in [1.82, 2.24) is 4.98 Å². The number of hydrogen-bond donors (Lipinski definition) is 2. The van der Waals surface area contributed by atoms with Crippen LogP contribution < -0.4 is 11.1 Å². The first-order valence-corrected chi connectivity index (χ1v) is 7.13. The first-order chi connectivity index (χ1) is 9.24. The molecule has 1 aliphatic rings. The molecule has 19 heavy (non-hydrogen) atoms. The molecule has 1 aromatic heterocycles. The third-order valence-electron chi connectivity index (χ3n) is 4.16. The Morgan fingerprint density at radius 2 is 2.16 bits per heavy atom. The standard InChI is InChI=1S/C16H21N3/c1-11-3-2-4-13(9-11)19-15-6-5-12-10-18-8-7-14(12)16(15)17/h5-8,10-11,13,19H,2-4,9,17H2,1H3. The van der Waals surface area contributed by atoms with Crippen LogP contribution in [0.15, 0.2) is 30.6 Å². The van der Waals surface area contributed by atoms with Crippen molar-refractivity contribution in [3.8, 4) is 0 Å². The normalized spacial score (nSPS) is 23.4. The van der Waals surface area contributed by atoms with Crippen LogP contribution in [0.1, 0.15) is 32.6 Å².